The van der Waals surface area contributed by atoms with Crippen LogP contribution in [-0.2, 0) is 35.2 Å². The number of carboxylic acid groups (broad SMARTS) is 2. The molecule has 4 amide bonds. The number of benzene rings is 1. The van der Waals surface area contributed by atoms with Crippen LogP contribution in [0.2, 0.25) is 0 Å². The maximum absolute atomic E-state index is 13.1. The summed E-state index contributed by atoms with van der Waals surface area (Å²) in [5.74, 6) is -6.36. The van der Waals surface area contributed by atoms with E-state index in [1.54, 1.807) is 13.8 Å². The average Bonchev–Trinajstić information content (AvgIpc) is 2.86. The van der Waals surface area contributed by atoms with Gasteiger partial charge in [-0.15, -0.1) is 0 Å². The molecule has 0 aliphatic carbocycles. The van der Waals surface area contributed by atoms with Crippen molar-refractivity contribution in [3.8, 4) is 5.75 Å². The molecule has 0 radical (unpaired) electrons. The number of phenolic OH excluding ortho intramolecular Hbond substituents is 1. The highest BCUT2D eigenvalue weighted by atomic mass is 16.4. The third kappa shape index (κ3) is 12.1. The Balaban J connectivity index is 3.03. The number of hydrogen-bond acceptors (Lipinski definition) is 8. The fourth-order valence-electron chi connectivity index (χ4n) is 3.78. The topological polar surface area (TPSA) is 237 Å². The molecule has 0 aliphatic rings. The molecule has 222 valence electrons. The minimum atomic E-state index is -1.59. The molecular weight excluding hydrogens is 526 g/mol. The molecular formula is C26H39N5O9. The van der Waals surface area contributed by atoms with Gasteiger partial charge in [-0.1, -0.05) is 26.0 Å². The number of unbranched alkanes of at least 4 members (excludes halogenated alkanes) is 1. The molecule has 1 aromatic rings. The molecule has 9 N–H and O–H groups in total. The molecule has 14 nitrogen and oxygen atoms in total. The second kappa shape index (κ2) is 16.7. The normalized spacial score (nSPS) is 13.8. The number of aliphatic carboxylic acids is 2. The summed E-state index contributed by atoms with van der Waals surface area (Å²) in [6, 6.07) is 0.503. The van der Waals surface area contributed by atoms with Crippen LogP contribution in [0.1, 0.15) is 52.0 Å². The Labute approximate surface area is 232 Å². The molecule has 14 heteroatoms. The van der Waals surface area contributed by atoms with Crippen LogP contribution in [0.4, 0.5) is 0 Å². The Bertz CT molecular complexity index is 1050. The van der Waals surface area contributed by atoms with Gasteiger partial charge in [-0.3, -0.25) is 24.0 Å². The van der Waals surface area contributed by atoms with E-state index < -0.39 is 72.1 Å². The molecule has 0 aliphatic heterocycles. The van der Waals surface area contributed by atoms with Gasteiger partial charge in [-0.2, -0.15) is 0 Å². The third-order valence-corrected chi connectivity index (χ3v) is 5.89. The van der Waals surface area contributed by atoms with Gasteiger partial charge in [0.1, 0.15) is 29.9 Å². The van der Waals surface area contributed by atoms with Gasteiger partial charge in [0.2, 0.25) is 23.6 Å². The summed E-state index contributed by atoms with van der Waals surface area (Å²) in [5, 5.41) is 38.0. The summed E-state index contributed by atoms with van der Waals surface area (Å²) in [6.07, 6.45) is 0.371. The Morgan fingerprint density at radius 1 is 0.800 bits per heavy atom. The van der Waals surface area contributed by atoms with Crippen LogP contribution in [0.3, 0.4) is 0 Å². The third-order valence-electron chi connectivity index (χ3n) is 5.89. The predicted molar refractivity (Wildman–Crippen MR) is 143 cm³/mol. The monoisotopic (exact) mass is 565 g/mol. The Morgan fingerprint density at radius 2 is 1.38 bits per heavy atom. The number of carbonyl (C=O) groups is 6. The van der Waals surface area contributed by atoms with Crippen LogP contribution in [0.5, 0.6) is 5.75 Å². The number of rotatable bonds is 17. The van der Waals surface area contributed by atoms with E-state index in [-0.39, 0.29) is 18.6 Å². The van der Waals surface area contributed by atoms with E-state index in [2.05, 4.69) is 21.3 Å². The number of nitrogens with two attached hydrogens (primary N) is 1. The van der Waals surface area contributed by atoms with Crippen molar-refractivity contribution in [2.75, 3.05) is 6.54 Å². The lowest BCUT2D eigenvalue weighted by atomic mass is 10.0. The van der Waals surface area contributed by atoms with E-state index in [1.165, 1.54) is 31.2 Å². The number of amides is 4. The van der Waals surface area contributed by atoms with Gasteiger partial charge in [0.25, 0.3) is 0 Å². The SMILES string of the molecule is CC(=O)NC(CCCCN)C(=O)NC(CC(=O)O)C(=O)NC(C(=O)NC(Cc1ccc(O)cc1)C(=O)O)C(C)C. The van der Waals surface area contributed by atoms with Crippen LogP contribution in [0.15, 0.2) is 24.3 Å². The minimum absolute atomic E-state index is 0.00999. The van der Waals surface area contributed by atoms with Crippen LogP contribution in [-0.4, -0.2) is 81.6 Å². The van der Waals surface area contributed by atoms with Crippen molar-refractivity contribution in [3.63, 3.8) is 0 Å². The van der Waals surface area contributed by atoms with Gasteiger partial charge in [-0.25, -0.2) is 4.79 Å². The van der Waals surface area contributed by atoms with E-state index in [1.807, 2.05) is 0 Å². The van der Waals surface area contributed by atoms with Crippen molar-refractivity contribution in [3.05, 3.63) is 29.8 Å². The van der Waals surface area contributed by atoms with Crippen LogP contribution in [0.25, 0.3) is 0 Å². The molecule has 0 fully saturated rings. The number of nitrogens with one attached hydrogen (secondary N) is 4. The molecule has 0 aromatic heterocycles. The zero-order valence-electron chi connectivity index (χ0n) is 22.8. The van der Waals surface area contributed by atoms with Gasteiger partial charge in [0, 0.05) is 13.3 Å². The second-order valence-corrected chi connectivity index (χ2v) is 9.70. The first-order valence-electron chi connectivity index (χ1n) is 12.9. The summed E-state index contributed by atoms with van der Waals surface area (Å²) in [4.78, 5) is 73.8. The van der Waals surface area contributed by atoms with E-state index in [4.69, 9.17) is 5.73 Å². The highest BCUT2D eigenvalue weighted by molar-refractivity contribution is 5.96. The second-order valence-electron chi connectivity index (χ2n) is 9.70. The predicted octanol–water partition coefficient (Wildman–Crippen LogP) is -0.762. The van der Waals surface area contributed by atoms with Crippen molar-refractivity contribution < 1.29 is 44.1 Å². The molecule has 0 saturated carbocycles. The fraction of sp³-hybridized carbons (Fsp3) is 0.538. The molecule has 0 spiro atoms. The molecule has 40 heavy (non-hydrogen) atoms. The lowest BCUT2D eigenvalue weighted by Gasteiger charge is -2.27. The number of carboxylic acids is 2. The maximum atomic E-state index is 13.1. The lowest BCUT2D eigenvalue weighted by molar-refractivity contribution is -0.143. The zero-order valence-corrected chi connectivity index (χ0v) is 22.8. The fourth-order valence-corrected chi connectivity index (χ4v) is 3.78. The summed E-state index contributed by atoms with van der Waals surface area (Å²) < 4.78 is 0. The maximum Gasteiger partial charge on any atom is 0.326 e. The highest BCUT2D eigenvalue weighted by Crippen LogP contribution is 2.12. The quantitative estimate of drug-likeness (QED) is 0.110. The van der Waals surface area contributed by atoms with Crippen molar-refractivity contribution in [1.82, 2.24) is 21.3 Å². The van der Waals surface area contributed by atoms with Crippen molar-refractivity contribution in [2.24, 2.45) is 11.7 Å². The highest BCUT2D eigenvalue weighted by Gasteiger charge is 2.33. The van der Waals surface area contributed by atoms with Gasteiger partial charge in [0.05, 0.1) is 6.42 Å². The van der Waals surface area contributed by atoms with Gasteiger partial charge in [0.15, 0.2) is 0 Å². The molecule has 0 bridgehead atoms. The number of aromatic hydroxyl groups is 1. The van der Waals surface area contributed by atoms with E-state index in [9.17, 15) is 44.1 Å². The molecule has 0 heterocycles. The Hall–Kier alpha value is -4.20. The summed E-state index contributed by atoms with van der Waals surface area (Å²) in [7, 11) is 0. The van der Waals surface area contributed by atoms with Gasteiger partial charge < -0.3 is 42.3 Å². The minimum Gasteiger partial charge on any atom is -0.508 e. The number of hydrogen-bond donors (Lipinski definition) is 8. The number of phenols is 1. The van der Waals surface area contributed by atoms with Crippen LogP contribution < -0.4 is 27.0 Å². The van der Waals surface area contributed by atoms with E-state index >= 15 is 0 Å². The Morgan fingerprint density at radius 3 is 1.88 bits per heavy atom. The molecule has 1 rings (SSSR count). The zero-order chi connectivity index (χ0) is 30.4. The first-order chi connectivity index (χ1) is 18.7. The standard InChI is InChI=1S/C26H39N5O9/c1-14(2)22(25(38)30-20(26(39)40)12-16-7-9-17(33)10-8-16)31-24(37)19(13-21(34)35)29-23(36)18(28-15(3)32)6-4-5-11-27/h7-10,14,18-20,22,33H,4-6,11-13,27H2,1-3H3,(H,28,32)(H,29,36)(H,30,38)(H,31,37)(H,34,35)(H,39,40). The summed E-state index contributed by atoms with van der Waals surface area (Å²) in [6.45, 7) is 4.77. The molecule has 0 saturated heterocycles. The van der Waals surface area contributed by atoms with Crippen molar-refractivity contribution >= 4 is 35.6 Å². The summed E-state index contributed by atoms with van der Waals surface area (Å²) in [5.41, 5.74) is 6.00. The van der Waals surface area contributed by atoms with E-state index in [0.29, 0.717) is 24.9 Å². The van der Waals surface area contributed by atoms with E-state index in [0.717, 1.165) is 0 Å². The number of carbonyl (C=O) groups excluding carboxylic acids is 4. The van der Waals surface area contributed by atoms with Crippen LogP contribution in [0, 0.1) is 5.92 Å². The first kappa shape index (κ1) is 33.8. The average molecular weight is 566 g/mol. The van der Waals surface area contributed by atoms with Gasteiger partial charge in [-0.05, 0) is 49.4 Å². The molecule has 4 atom stereocenters. The first-order valence-corrected chi connectivity index (χ1v) is 12.9. The lowest BCUT2D eigenvalue weighted by Crippen LogP contribution is -2.59. The Kier molecular flexibility index (Phi) is 14.1. The smallest absolute Gasteiger partial charge is 0.326 e. The van der Waals surface area contributed by atoms with Crippen molar-refractivity contribution in [2.45, 2.75) is 77.0 Å². The molecule has 1 aromatic carbocycles. The van der Waals surface area contributed by atoms with Gasteiger partial charge >= 0.3 is 11.9 Å². The van der Waals surface area contributed by atoms with Crippen LogP contribution >= 0.6 is 0 Å². The van der Waals surface area contributed by atoms with Crippen molar-refractivity contribution in [1.29, 1.82) is 0 Å². The largest absolute Gasteiger partial charge is 0.508 e. The summed E-state index contributed by atoms with van der Waals surface area (Å²) >= 11 is 0. The molecule has 4 unspecified atom stereocenters.